The first-order valence-corrected chi connectivity index (χ1v) is 7.93. The minimum atomic E-state index is -0.706. The van der Waals surface area contributed by atoms with E-state index in [2.05, 4.69) is 11.9 Å². The topological polar surface area (TPSA) is 82.8 Å². The molecule has 0 bridgehead atoms. The molecule has 0 saturated carbocycles. The highest BCUT2D eigenvalue weighted by atomic mass is 32.1. The zero-order valence-corrected chi connectivity index (χ0v) is 13.9. The molecule has 1 aromatic carbocycles. The minimum absolute atomic E-state index is 0.0284. The Balaban J connectivity index is 1.87. The molecular weight excluding hydrogens is 347 g/mol. The number of amides is 2. The third kappa shape index (κ3) is 3.38. The summed E-state index contributed by atoms with van der Waals surface area (Å²) in [5, 5.41) is 12.6. The molecule has 3 aromatic rings. The Hall–Kier alpha value is -3.13. The van der Waals surface area contributed by atoms with Gasteiger partial charge in [0.2, 0.25) is 0 Å². The number of rotatable bonds is 3. The van der Waals surface area contributed by atoms with Crippen LogP contribution in [0.25, 0.3) is 16.0 Å². The quantitative estimate of drug-likeness (QED) is 0.686. The maximum absolute atomic E-state index is 12.9. The molecule has 0 radical (unpaired) electrons. The fourth-order valence-corrected chi connectivity index (χ4v) is 3.10. The van der Waals surface area contributed by atoms with Gasteiger partial charge in [-0.1, -0.05) is 6.58 Å². The Morgan fingerprint density at radius 2 is 2.00 bits per heavy atom. The number of carbonyl (C=O) groups is 1. The van der Waals surface area contributed by atoms with Crippen molar-refractivity contribution in [2.45, 2.75) is 0 Å². The first-order chi connectivity index (χ1) is 11.8. The van der Waals surface area contributed by atoms with Gasteiger partial charge >= 0.3 is 11.7 Å². The van der Waals surface area contributed by atoms with Crippen LogP contribution in [0.3, 0.4) is 0 Å². The minimum Gasteiger partial charge on any atom is -0.508 e. The van der Waals surface area contributed by atoms with Crippen molar-refractivity contribution in [3.8, 4) is 0 Å². The van der Waals surface area contributed by atoms with Gasteiger partial charge in [-0.05, 0) is 30.3 Å². The van der Waals surface area contributed by atoms with Gasteiger partial charge in [0.25, 0.3) is 0 Å². The lowest BCUT2D eigenvalue weighted by Gasteiger charge is -2.15. The van der Waals surface area contributed by atoms with Crippen molar-refractivity contribution in [1.82, 2.24) is 0 Å². The Morgan fingerprint density at radius 3 is 2.64 bits per heavy atom. The Labute approximate surface area is 145 Å². The van der Waals surface area contributed by atoms with E-state index in [1.807, 2.05) is 0 Å². The molecule has 6 nitrogen and oxygen atoms in total. The Kier molecular flexibility index (Phi) is 4.28. The number of aliphatic hydroxyl groups excluding tert-OH is 1. The smallest absolute Gasteiger partial charge is 0.347 e. The lowest BCUT2D eigenvalue weighted by atomic mass is 10.2. The Bertz CT molecular complexity index is 1020. The molecule has 0 atom stereocenters. The number of nitrogens with zero attached hydrogens (tertiary/aromatic N) is 1. The van der Waals surface area contributed by atoms with Crippen molar-refractivity contribution >= 4 is 44.1 Å². The summed E-state index contributed by atoms with van der Waals surface area (Å²) in [6, 6.07) is 7.96. The average Bonchev–Trinajstić information content (AvgIpc) is 2.97. The summed E-state index contributed by atoms with van der Waals surface area (Å²) < 4.78 is 18.6. The number of benzene rings is 1. The highest BCUT2D eigenvalue weighted by Gasteiger charge is 2.17. The predicted molar refractivity (Wildman–Crippen MR) is 95.8 cm³/mol. The third-order valence-corrected chi connectivity index (χ3v) is 4.59. The van der Waals surface area contributed by atoms with Crippen LogP contribution in [-0.4, -0.2) is 18.2 Å². The van der Waals surface area contributed by atoms with Gasteiger partial charge in [0.15, 0.2) is 5.58 Å². The molecule has 25 heavy (non-hydrogen) atoms. The molecule has 2 aromatic heterocycles. The molecule has 2 heterocycles. The molecule has 0 saturated heterocycles. The average molecular weight is 360 g/mol. The predicted octanol–water partition coefficient (Wildman–Crippen LogP) is 4.19. The number of aliphatic hydroxyl groups is 1. The van der Waals surface area contributed by atoms with Crippen LogP contribution in [0, 0.1) is 5.82 Å². The maximum Gasteiger partial charge on any atom is 0.347 e. The number of fused-ring (bicyclic) bond motifs is 1. The van der Waals surface area contributed by atoms with Gasteiger partial charge in [0.05, 0.1) is 4.70 Å². The first-order valence-electron chi connectivity index (χ1n) is 7.11. The normalized spacial score (nSPS) is 10.6. The maximum atomic E-state index is 12.9. The van der Waals surface area contributed by atoms with Gasteiger partial charge in [-0.15, -0.1) is 11.3 Å². The van der Waals surface area contributed by atoms with Gasteiger partial charge < -0.3 is 14.8 Å². The van der Waals surface area contributed by atoms with E-state index in [9.17, 15) is 19.1 Å². The van der Waals surface area contributed by atoms with Crippen molar-refractivity contribution in [3.63, 3.8) is 0 Å². The van der Waals surface area contributed by atoms with E-state index in [0.29, 0.717) is 21.0 Å². The molecular formula is C17H13FN2O4S. The number of hydrogen-bond donors (Lipinski definition) is 2. The largest absolute Gasteiger partial charge is 0.508 e. The van der Waals surface area contributed by atoms with Crippen molar-refractivity contribution in [3.05, 3.63) is 64.8 Å². The summed E-state index contributed by atoms with van der Waals surface area (Å²) in [6.45, 7) is 3.32. The van der Waals surface area contributed by atoms with Gasteiger partial charge in [-0.3, -0.25) is 4.90 Å². The van der Waals surface area contributed by atoms with E-state index in [0.717, 1.165) is 0 Å². The van der Waals surface area contributed by atoms with E-state index in [-0.39, 0.29) is 11.3 Å². The highest BCUT2D eigenvalue weighted by molar-refractivity contribution is 7.22. The van der Waals surface area contributed by atoms with Crippen LogP contribution in [0.4, 0.5) is 19.9 Å². The molecule has 0 unspecified atom stereocenters. The van der Waals surface area contributed by atoms with Gasteiger partial charge in [0.1, 0.15) is 22.1 Å². The van der Waals surface area contributed by atoms with Crippen LogP contribution in [0.2, 0.25) is 0 Å². The van der Waals surface area contributed by atoms with E-state index in [4.69, 9.17) is 4.42 Å². The van der Waals surface area contributed by atoms with Gasteiger partial charge in [-0.2, -0.15) is 0 Å². The summed E-state index contributed by atoms with van der Waals surface area (Å²) in [6.07, 6.45) is 0. The van der Waals surface area contributed by atoms with Crippen molar-refractivity contribution in [1.29, 1.82) is 0 Å². The SMILES string of the molecule is C=C(O)c1cc2sc(N(C)C(=O)Nc3ccc(F)cc3)cc2oc1=O. The molecule has 0 aliphatic heterocycles. The molecule has 0 aliphatic carbocycles. The zero-order chi connectivity index (χ0) is 18.1. The molecule has 3 rings (SSSR count). The summed E-state index contributed by atoms with van der Waals surface area (Å²) in [7, 11) is 1.55. The standard InChI is InChI=1S/C17H13FN2O4S/c1-9(21)12-7-14-13(24-16(12)22)8-15(25-14)20(2)17(23)19-11-5-3-10(18)4-6-11/h3-8,21H,1H2,2H3,(H,19,23). The van der Waals surface area contributed by atoms with Crippen LogP contribution in [0.5, 0.6) is 0 Å². The number of halogens is 1. The fraction of sp³-hybridized carbons (Fsp3) is 0.0588. The van der Waals surface area contributed by atoms with Gasteiger partial charge in [0, 0.05) is 18.8 Å². The fourth-order valence-electron chi connectivity index (χ4n) is 2.11. The number of hydrogen-bond acceptors (Lipinski definition) is 5. The Morgan fingerprint density at radius 1 is 1.32 bits per heavy atom. The van der Waals surface area contributed by atoms with Crippen molar-refractivity contribution < 1.29 is 18.7 Å². The van der Waals surface area contributed by atoms with E-state index in [1.54, 1.807) is 13.1 Å². The molecule has 0 aliphatic rings. The van der Waals surface area contributed by atoms with Crippen LogP contribution in [-0.2, 0) is 0 Å². The van der Waals surface area contributed by atoms with Crippen LogP contribution in [0.15, 0.2) is 52.2 Å². The molecule has 0 spiro atoms. The molecule has 2 amide bonds. The number of anilines is 2. The van der Waals surface area contributed by atoms with Crippen molar-refractivity contribution in [2.24, 2.45) is 0 Å². The summed E-state index contributed by atoms with van der Waals surface area (Å²) in [4.78, 5) is 25.4. The summed E-state index contributed by atoms with van der Waals surface area (Å²) >= 11 is 1.21. The lowest BCUT2D eigenvalue weighted by molar-refractivity contribution is 0.258. The second kappa shape index (κ2) is 6.40. The molecule has 8 heteroatoms. The molecule has 0 fully saturated rings. The van der Waals surface area contributed by atoms with E-state index in [1.165, 1.54) is 46.6 Å². The van der Waals surface area contributed by atoms with E-state index >= 15 is 0 Å². The molecule has 2 N–H and O–H groups in total. The second-order valence-corrected chi connectivity index (χ2v) is 6.27. The van der Waals surface area contributed by atoms with E-state index < -0.39 is 17.5 Å². The number of nitrogens with one attached hydrogen (secondary N) is 1. The van der Waals surface area contributed by atoms with Crippen molar-refractivity contribution in [2.75, 3.05) is 17.3 Å². The van der Waals surface area contributed by atoms with Crippen LogP contribution >= 0.6 is 11.3 Å². The second-order valence-electron chi connectivity index (χ2n) is 5.20. The number of thiophene rings is 1. The number of carbonyl (C=O) groups excluding carboxylic acids is 1. The van der Waals surface area contributed by atoms with Crippen LogP contribution in [0.1, 0.15) is 5.56 Å². The third-order valence-electron chi connectivity index (χ3n) is 3.45. The lowest BCUT2D eigenvalue weighted by Crippen LogP contribution is -2.30. The first kappa shape index (κ1) is 16.7. The summed E-state index contributed by atoms with van der Waals surface area (Å²) in [5.74, 6) is -0.778. The summed E-state index contributed by atoms with van der Waals surface area (Å²) in [5.41, 5.74) is 0.0169. The number of urea groups is 1. The molecule has 128 valence electrons. The monoisotopic (exact) mass is 360 g/mol. The zero-order valence-electron chi connectivity index (χ0n) is 13.1. The van der Waals surface area contributed by atoms with Crippen LogP contribution < -0.4 is 15.8 Å². The van der Waals surface area contributed by atoms with Gasteiger partial charge in [-0.25, -0.2) is 14.0 Å². The highest BCUT2D eigenvalue weighted by Crippen LogP contribution is 2.32.